The highest BCUT2D eigenvalue weighted by Gasteiger charge is 2.06. The van der Waals surface area contributed by atoms with Gasteiger partial charge in [-0.05, 0) is 30.3 Å². The number of aromatic nitrogens is 1. The first-order valence-corrected chi connectivity index (χ1v) is 5.79. The molecule has 1 aromatic heterocycles. The van der Waals surface area contributed by atoms with Crippen LogP contribution in [0.15, 0.2) is 47.4 Å². The molecular weight excluding hydrogens is 258 g/mol. The summed E-state index contributed by atoms with van der Waals surface area (Å²) in [6.07, 6.45) is 1.41. The summed E-state index contributed by atoms with van der Waals surface area (Å²) in [7, 11) is 0. The lowest BCUT2D eigenvalue weighted by Crippen LogP contribution is -2.15. The van der Waals surface area contributed by atoms with E-state index in [2.05, 4.69) is 10.3 Å². The number of amides is 1. The number of carbonyl (C=O) groups is 1. The summed E-state index contributed by atoms with van der Waals surface area (Å²) >= 11 is 0. The molecule has 0 aliphatic rings. The van der Waals surface area contributed by atoms with Crippen molar-refractivity contribution in [3.63, 3.8) is 0 Å². The molecule has 0 bridgehead atoms. The summed E-state index contributed by atoms with van der Waals surface area (Å²) in [6, 6.07) is 11.2. The Balaban J connectivity index is 2.05. The number of rotatable bonds is 4. The van der Waals surface area contributed by atoms with E-state index in [0.717, 1.165) is 0 Å². The van der Waals surface area contributed by atoms with E-state index >= 15 is 0 Å². The van der Waals surface area contributed by atoms with Gasteiger partial charge in [0.25, 0.3) is 5.91 Å². The number of nitrogens with one attached hydrogen (secondary N) is 2. The number of hydrogen-bond acceptors (Lipinski definition) is 4. The molecule has 2 rings (SSSR count). The van der Waals surface area contributed by atoms with Crippen LogP contribution in [0, 0.1) is 11.3 Å². The van der Waals surface area contributed by atoms with E-state index in [-0.39, 0.29) is 23.6 Å². The first kappa shape index (κ1) is 13.4. The number of benzene rings is 1. The predicted octanol–water partition coefficient (Wildman–Crippen LogP) is 1.53. The van der Waals surface area contributed by atoms with Crippen LogP contribution in [0.5, 0.6) is 5.75 Å². The first-order chi connectivity index (χ1) is 9.69. The van der Waals surface area contributed by atoms with Crippen LogP contribution in [-0.4, -0.2) is 17.5 Å². The Morgan fingerprint density at radius 1 is 1.30 bits per heavy atom. The lowest BCUT2D eigenvalue weighted by Gasteiger charge is -2.06. The van der Waals surface area contributed by atoms with Crippen molar-refractivity contribution in [1.29, 1.82) is 5.26 Å². The van der Waals surface area contributed by atoms with E-state index in [9.17, 15) is 9.59 Å². The standard InChI is InChI=1S/C14H11N3O3/c15-6-8-20-12-3-1-11(2-4-12)17-14(19)10-5-7-16-13(18)9-10/h1-5,7,9H,8H2,(H,16,18)(H,17,19). The van der Waals surface area contributed by atoms with Crippen molar-refractivity contribution in [2.45, 2.75) is 0 Å². The first-order valence-electron chi connectivity index (χ1n) is 5.79. The minimum atomic E-state index is -0.373. The molecule has 0 aliphatic heterocycles. The van der Waals surface area contributed by atoms with Gasteiger partial charge in [0.2, 0.25) is 5.56 Å². The van der Waals surface area contributed by atoms with Crippen molar-refractivity contribution >= 4 is 11.6 Å². The van der Waals surface area contributed by atoms with Crippen LogP contribution < -0.4 is 15.6 Å². The average molecular weight is 269 g/mol. The fraction of sp³-hybridized carbons (Fsp3) is 0.0714. The molecule has 0 aliphatic carbocycles. The van der Waals surface area contributed by atoms with Crippen LogP contribution in [0.1, 0.15) is 10.4 Å². The van der Waals surface area contributed by atoms with Crippen LogP contribution >= 0.6 is 0 Å². The highest BCUT2D eigenvalue weighted by molar-refractivity contribution is 6.04. The molecule has 6 heteroatoms. The summed E-state index contributed by atoms with van der Waals surface area (Å²) in [5, 5.41) is 11.0. The normalized spacial score (nSPS) is 9.55. The van der Waals surface area contributed by atoms with Crippen molar-refractivity contribution in [3.8, 4) is 11.8 Å². The molecule has 100 valence electrons. The lowest BCUT2D eigenvalue weighted by molar-refractivity contribution is 0.102. The molecule has 0 radical (unpaired) electrons. The fourth-order valence-corrected chi connectivity index (χ4v) is 1.54. The molecule has 0 unspecified atom stereocenters. The average Bonchev–Trinajstić information content (AvgIpc) is 2.46. The molecule has 0 spiro atoms. The van der Waals surface area contributed by atoms with Crippen LogP contribution in [0.2, 0.25) is 0 Å². The summed E-state index contributed by atoms with van der Waals surface area (Å²) in [6.45, 7) is -0.0293. The second-order valence-corrected chi connectivity index (χ2v) is 3.87. The lowest BCUT2D eigenvalue weighted by atomic mass is 10.2. The number of H-pyrrole nitrogens is 1. The van der Waals surface area contributed by atoms with Gasteiger partial charge in [0, 0.05) is 23.5 Å². The quantitative estimate of drug-likeness (QED) is 0.879. The van der Waals surface area contributed by atoms with Gasteiger partial charge in [-0.1, -0.05) is 0 Å². The van der Waals surface area contributed by atoms with Crippen LogP contribution in [-0.2, 0) is 0 Å². The van der Waals surface area contributed by atoms with E-state index in [0.29, 0.717) is 11.4 Å². The van der Waals surface area contributed by atoms with Gasteiger partial charge in [-0.25, -0.2) is 0 Å². The van der Waals surface area contributed by atoms with Gasteiger partial charge < -0.3 is 15.0 Å². The molecule has 6 nitrogen and oxygen atoms in total. The highest BCUT2D eigenvalue weighted by Crippen LogP contribution is 2.16. The van der Waals surface area contributed by atoms with E-state index in [4.69, 9.17) is 10.00 Å². The number of ether oxygens (including phenoxy) is 1. The zero-order valence-electron chi connectivity index (χ0n) is 10.4. The molecular formula is C14H11N3O3. The predicted molar refractivity (Wildman–Crippen MR) is 72.6 cm³/mol. The third-order valence-corrected chi connectivity index (χ3v) is 2.45. The molecule has 1 aromatic carbocycles. The summed E-state index contributed by atoms with van der Waals surface area (Å²) in [5.74, 6) is 0.169. The maximum absolute atomic E-state index is 11.9. The molecule has 0 saturated heterocycles. The molecule has 20 heavy (non-hydrogen) atoms. The van der Waals surface area contributed by atoms with Crippen LogP contribution in [0.3, 0.4) is 0 Å². The summed E-state index contributed by atoms with van der Waals surface area (Å²) in [4.78, 5) is 25.4. The highest BCUT2D eigenvalue weighted by atomic mass is 16.5. The molecule has 2 N–H and O–H groups in total. The minimum Gasteiger partial charge on any atom is -0.479 e. The summed E-state index contributed by atoms with van der Waals surface area (Å²) < 4.78 is 5.10. The summed E-state index contributed by atoms with van der Waals surface area (Å²) in [5.41, 5.74) is 0.510. The number of hydrogen-bond donors (Lipinski definition) is 2. The molecule has 1 amide bonds. The molecule has 1 heterocycles. The number of nitrogens with zero attached hydrogens (tertiary/aromatic N) is 1. The smallest absolute Gasteiger partial charge is 0.255 e. The maximum Gasteiger partial charge on any atom is 0.255 e. The van der Waals surface area contributed by atoms with Gasteiger partial charge in [-0.3, -0.25) is 9.59 Å². The van der Waals surface area contributed by atoms with Gasteiger partial charge >= 0.3 is 0 Å². The van der Waals surface area contributed by atoms with Gasteiger partial charge in [-0.15, -0.1) is 0 Å². The zero-order valence-corrected chi connectivity index (χ0v) is 10.4. The van der Waals surface area contributed by atoms with Crippen molar-refractivity contribution in [3.05, 3.63) is 58.5 Å². The molecule has 2 aromatic rings. The Bertz CT molecular complexity index is 699. The van der Waals surface area contributed by atoms with Crippen LogP contribution in [0.25, 0.3) is 0 Å². The van der Waals surface area contributed by atoms with Crippen molar-refractivity contribution < 1.29 is 9.53 Å². The van der Waals surface area contributed by atoms with E-state index in [1.807, 2.05) is 6.07 Å². The van der Waals surface area contributed by atoms with E-state index in [1.165, 1.54) is 18.3 Å². The van der Waals surface area contributed by atoms with Crippen molar-refractivity contribution in [2.24, 2.45) is 0 Å². The Morgan fingerprint density at radius 3 is 2.70 bits per heavy atom. The number of carbonyl (C=O) groups excluding carboxylic acids is 1. The van der Waals surface area contributed by atoms with Crippen molar-refractivity contribution in [1.82, 2.24) is 4.98 Å². The second-order valence-electron chi connectivity index (χ2n) is 3.87. The fourth-order valence-electron chi connectivity index (χ4n) is 1.54. The van der Waals surface area contributed by atoms with Gasteiger partial charge in [-0.2, -0.15) is 5.26 Å². The Morgan fingerprint density at radius 2 is 2.05 bits per heavy atom. The van der Waals surface area contributed by atoms with E-state index in [1.54, 1.807) is 24.3 Å². The monoisotopic (exact) mass is 269 g/mol. The number of nitriles is 1. The van der Waals surface area contributed by atoms with Gasteiger partial charge in [0.15, 0.2) is 6.61 Å². The number of aromatic amines is 1. The number of anilines is 1. The SMILES string of the molecule is N#CCOc1ccc(NC(=O)c2cc[nH]c(=O)c2)cc1. The Kier molecular flexibility index (Phi) is 4.14. The van der Waals surface area contributed by atoms with Crippen molar-refractivity contribution in [2.75, 3.05) is 11.9 Å². The maximum atomic E-state index is 11.9. The topological polar surface area (TPSA) is 95.0 Å². The number of pyridine rings is 1. The van der Waals surface area contributed by atoms with Gasteiger partial charge in [0.1, 0.15) is 11.8 Å². The Hall–Kier alpha value is -3.07. The molecule has 0 fully saturated rings. The molecule has 0 saturated carbocycles. The zero-order chi connectivity index (χ0) is 14.4. The third-order valence-electron chi connectivity index (χ3n) is 2.45. The third kappa shape index (κ3) is 3.46. The second kappa shape index (κ2) is 6.20. The molecule has 0 atom stereocenters. The van der Waals surface area contributed by atoms with E-state index < -0.39 is 0 Å². The van der Waals surface area contributed by atoms with Crippen LogP contribution in [0.4, 0.5) is 5.69 Å². The Labute approximate surface area is 114 Å². The minimum absolute atomic E-state index is 0.0293. The van der Waals surface area contributed by atoms with Gasteiger partial charge in [0.05, 0.1) is 0 Å². The largest absolute Gasteiger partial charge is 0.479 e.